The predicted octanol–water partition coefficient (Wildman–Crippen LogP) is 3.46. The molecule has 86 valence electrons. The molecule has 18 heavy (non-hydrogen) atoms. The maximum atomic E-state index is 9.62. The second kappa shape index (κ2) is 4.79. The summed E-state index contributed by atoms with van der Waals surface area (Å²) in [5.41, 5.74) is 2.07. The summed E-state index contributed by atoms with van der Waals surface area (Å²) in [6.07, 6.45) is 0. The number of benzene rings is 2. The van der Waals surface area contributed by atoms with Gasteiger partial charge in [0.25, 0.3) is 0 Å². The molecular formula is C14H7ClN2O. The highest BCUT2D eigenvalue weighted by Gasteiger charge is 2.06. The van der Waals surface area contributed by atoms with Gasteiger partial charge in [-0.25, -0.2) is 0 Å². The van der Waals surface area contributed by atoms with Crippen LogP contribution in [0.3, 0.4) is 0 Å². The molecule has 0 aliphatic heterocycles. The van der Waals surface area contributed by atoms with E-state index < -0.39 is 0 Å². The van der Waals surface area contributed by atoms with Gasteiger partial charge in [0.2, 0.25) is 0 Å². The van der Waals surface area contributed by atoms with E-state index in [2.05, 4.69) is 0 Å². The molecule has 0 aliphatic rings. The molecule has 4 heteroatoms. The Balaban J connectivity index is 2.54. The fraction of sp³-hybridized carbons (Fsp3) is 0. The van der Waals surface area contributed by atoms with E-state index in [-0.39, 0.29) is 11.3 Å². The fourth-order valence-electron chi connectivity index (χ4n) is 1.60. The Kier molecular flexibility index (Phi) is 3.19. The van der Waals surface area contributed by atoms with Crippen LogP contribution in [0.4, 0.5) is 0 Å². The molecule has 0 amide bonds. The van der Waals surface area contributed by atoms with Gasteiger partial charge in [0.1, 0.15) is 17.9 Å². The first-order valence-corrected chi connectivity index (χ1v) is 5.46. The van der Waals surface area contributed by atoms with Crippen molar-refractivity contribution in [2.75, 3.05) is 0 Å². The lowest BCUT2D eigenvalue weighted by atomic mass is 10.0. The van der Waals surface area contributed by atoms with Crippen LogP contribution in [0.25, 0.3) is 11.1 Å². The number of hydrogen-bond donors (Lipinski definition) is 1. The minimum absolute atomic E-state index is 0.0801. The smallest absolute Gasteiger partial charge is 0.133 e. The van der Waals surface area contributed by atoms with E-state index in [0.717, 1.165) is 11.1 Å². The van der Waals surface area contributed by atoms with Crippen molar-refractivity contribution in [1.82, 2.24) is 0 Å². The second-order valence-electron chi connectivity index (χ2n) is 3.65. The number of hydrogen-bond acceptors (Lipinski definition) is 3. The molecule has 0 spiro atoms. The molecule has 1 N–H and O–H groups in total. The summed E-state index contributed by atoms with van der Waals surface area (Å²) in [5, 5.41) is 27.6. The van der Waals surface area contributed by atoms with Gasteiger partial charge >= 0.3 is 0 Å². The molecule has 0 bridgehead atoms. The van der Waals surface area contributed by atoms with E-state index in [1.54, 1.807) is 24.3 Å². The summed E-state index contributed by atoms with van der Waals surface area (Å²) in [7, 11) is 0. The molecule has 0 aromatic heterocycles. The van der Waals surface area contributed by atoms with Gasteiger partial charge in [-0.05, 0) is 35.4 Å². The van der Waals surface area contributed by atoms with Crippen LogP contribution in [-0.4, -0.2) is 5.11 Å². The Hall–Kier alpha value is -2.49. The van der Waals surface area contributed by atoms with Crippen molar-refractivity contribution in [2.45, 2.75) is 0 Å². The van der Waals surface area contributed by atoms with Crippen molar-refractivity contribution < 1.29 is 5.11 Å². The number of rotatable bonds is 1. The number of halogens is 1. The quantitative estimate of drug-likeness (QED) is 0.847. The van der Waals surface area contributed by atoms with Crippen LogP contribution in [0.5, 0.6) is 5.75 Å². The standard InChI is InChI=1S/C14H7ClN2O/c15-13-4-3-9(5-12(13)8-17)10-1-2-11(7-16)14(18)6-10/h1-6,18H. The first-order chi connectivity index (χ1) is 8.65. The predicted molar refractivity (Wildman–Crippen MR) is 68.0 cm³/mol. The molecule has 0 saturated carbocycles. The SMILES string of the molecule is N#Cc1ccc(-c2ccc(Cl)c(C#N)c2)cc1O. The van der Waals surface area contributed by atoms with E-state index in [9.17, 15) is 5.11 Å². The molecule has 0 unspecified atom stereocenters. The van der Waals surface area contributed by atoms with Crippen LogP contribution in [0.15, 0.2) is 36.4 Å². The average molecular weight is 255 g/mol. The largest absolute Gasteiger partial charge is 0.507 e. The first kappa shape index (κ1) is 12.0. The zero-order valence-corrected chi connectivity index (χ0v) is 9.94. The highest BCUT2D eigenvalue weighted by molar-refractivity contribution is 6.31. The average Bonchev–Trinajstić information content (AvgIpc) is 2.39. The van der Waals surface area contributed by atoms with Gasteiger partial charge in [0.05, 0.1) is 16.1 Å². The van der Waals surface area contributed by atoms with Gasteiger partial charge in [0, 0.05) is 0 Å². The third-order valence-electron chi connectivity index (χ3n) is 2.54. The van der Waals surface area contributed by atoms with Crippen LogP contribution in [0, 0.1) is 22.7 Å². The highest BCUT2D eigenvalue weighted by atomic mass is 35.5. The van der Waals surface area contributed by atoms with Crippen molar-refractivity contribution in [3.05, 3.63) is 52.5 Å². The van der Waals surface area contributed by atoms with Gasteiger partial charge in [-0.15, -0.1) is 0 Å². The van der Waals surface area contributed by atoms with Crippen molar-refractivity contribution in [3.8, 4) is 29.0 Å². The third-order valence-corrected chi connectivity index (χ3v) is 2.87. The van der Waals surface area contributed by atoms with Crippen LogP contribution < -0.4 is 0 Å². The topological polar surface area (TPSA) is 67.8 Å². The molecule has 0 fully saturated rings. The van der Waals surface area contributed by atoms with Gasteiger partial charge < -0.3 is 5.11 Å². The Labute approximate surface area is 109 Å². The van der Waals surface area contributed by atoms with Gasteiger partial charge in [-0.3, -0.25) is 0 Å². The molecule has 2 aromatic rings. The summed E-state index contributed by atoms with van der Waals surface area (Å²) >= 11 is 5.85. The van der Waals surface area contributed by atoms with Crippen LogP contribution in [-0.2, 0) is 0 Å². The first-order valence-electron chi connectivity index (χ1n) is 5.09. The van der Waals surface area contributed by atoms with Crippen LogP contribution >= 0.6 is 11.6 Å². The van der Waals surface area contributed by atoms with Crippen molar-refractivity contribution in [1.29, 1.82) is 10.5 Å². The van der Waals surface area contributed by atoms with Gasteiger partial charge in [-0.1, -0.05) is 23.7 Å². The Bertz CT molecular complexity index is 696. The minimum Gasteiger partial charge on any atom is -0.507 e. The van der Waals surface area contributed by atoms with E-state index in [1.165, 1.54) is 12.1 Å². The lowest BCUT2D eigenvalue weighted by Gasteiger charge is -2.05. The summed E-state index contributed by atoms with van der Waals surface area (Å²) in [6.45, 7) is 0. The maximum absolute atomic E-state index is 9.62. The number of phenols is 1. The lowest BCUT2D eigenvalue weighted by Crippen LogP contribution is -1.83. The van der Waals surface area contributed by atoms with E-state index in [0.29, 0.717) is 10.6 Å². The molecule has 0 aliphatic carbocycles. The van der Waals surface area contributed by atoms with Crippen molar-refractivity contribution in [2.24, 2.45) is 0 Å². The molecule has 0 radical (unpaired) electrons. The highest BCUT2D eigenvalue weighted by Crippen LogP contribution is 2.28. The summed E-state index contributed by atoms with van der Waals surface area (Å²) in [6, 6.07) is 13.6. The number of aromatic hydroxyl groups is 1. The summed E-state index contributed by atoms with van der Waals surface area (Å²) < 4.78 is 0. The van der Waals surface area contributed by atoms with E-state index in [1.807, 2.05) is 12.1 Å². The zero-order chi connectivity index (χ0) is 13.1. The summed E-state index contributed by atoms with van der Waals surface area (Å²) in [4.78, 5) is 0. The summed E-state index contributed by atoms with van der Waals surface area (Å²) in [5.74, 6) is -0.0801. The monoisotopic (exact) mass is 254 g/mol. The molecular weight excluding hydrogens is 248 g/mol. The number of nitriles is 2. The normalized spacial score (nSPS) is 9.50. The fourth-order valence-corrected chi connectivity index (χ4v) is 1.76. The maximum Gasteiger partial charge on any atom is 0.133 e. The third kappa shape index (κ3) is 2.13. The van der Waals surface area contributed by atoms with E-state index in [4.69, 9.17) is 22.1 Å². The van der Waals surface area contributed by atoms with Crippen LogP contribution in [0.2, 0.25) is 5.02 Å². The Morgan fingerprint density at radius 1 is 0.889 bits per heavy atom. The van der Waals surface area contributed by atoms with Crippen molar-refractivity contribution >= 4 is 11.6 Å². The molecule has 2 rings (SSSR count). The zero-order valence-electron chi connectivity index (χ0n) is 9.18. The van der Waals surface area contributed by atoms with Crippen LogP contribution in [0.1, 0.15) is 11.1 Å². The minimum atomic E-state index is -0.0801. The molecule has 2 aromatic carbocycles. The van der Waals surface area contributed by atoms with Gasteiger partial charge in [0.15, 0.2) is 0 Å². The van der Waals surface area contributed by atoms with Crippen molar-refractivity contribution in [3.63, 3.8) is 0 Å². The second-order valence-corrected chi connectivity index (χ2v) is 4.06. The molecule has 3 nitrogen and oxygen atoms in total. The molecule has 0 heterocycles. The Morgan fingerprint density at radius 2 is 1.50 bits per heavy atom. The van der Waals surface area contributed by atoms with Gasteiger partial charge in [-0.2, -0.15) is 10.5 Å². The molecule has 0 saturated heterocycles. The lowest BCUT2D eigenvalue weighted by molar-refractivity contribution is 0.474. The molecule has 0 atom stereocenters. The number of phenolic OH excluding ortho intramolecular Hbond substituents is 1. The Morgan fingerprint density at radius 3 is 2.11 bits per heavy atom. The number of nitrogens with zero attached hydrogens (tertiary/aromatic N) is 2. The van der Waals surface area contributed by atoms with E-state index >= 15 is 0 Å².